The number of hydrogen-bond acceptors (Lipinski definition) is 4. The Morgan fingerprint density at radius 3 is 2.31 bits per heavy atom. The quantitative estimate of drug-likeness (QED) is 0.329. The molecule has 0 radical (unpaired) electrons. The molecule has 1 aromatic heterocycles. The second-order valence-corrected chi connectivity index (χ2v) is 6.45. The lowest BCUT2D eigenvalue weighted by molar-refractivity contribution is 0.480. The number of aryl methyl sites for hydroxylation is 1. The Kier molecular flexibility index (Phi) is 2.80. The van der Waals surface area contributed by atoms with Gasteiger partial charge in [-0.15, -0.1) is 0 Å². The highest BCUT2D eigenvalue weighted by atomic mass is 16.3. The average Bonchev–Trinajstić information content (AvgIpc) is 2.64. The van der Waals surface area contributed by atoms with Gasteiger partial charge in [0.25, 0.3) is 0 Å². The number of hydrogen-bond donors (Lipinski definition) is 2. The minimum absolute atomic E-state index is 0.0131. The maximum Gasteiger partial charge on any atom is 0.198 e. The molecule has 1 heterocycles. The minimum Gasteiger partial charge on any atom is -0.507 e. The van der Waals surface area contributed by atoms with E-state index in [9.17, 15) is 14.7 Å². The first-order chi connectivity index (χ1) is 12.5. The molecule has 0 unspecified atom stereocenters. The van der Waals surface area contributed by atoms with E-state index in [0.29, 0.717) is 33.0 Å². The van der Waals surface area contributed by atoms with Crippen molar-refractivity contribution in [3.63, 3.8) is 0 Å². The van der Waals surface area contributed by atoms with Crippen molar-refractivity contribution in [3.8, 4) is 5.75 Å². The fourth-order valence-electron chi connectivity index (χ4n) is 3.53. The summed E-state index contributed by atoms with van der Waals surface area (Å²) in [6.07, 6.45) is 0. The predicted molar refractivity (Wildman–Crippen MR) is 102 cm³/mol. The Bertz CT molecular complexity index is 1490. The molecule has 0 aliphatic carbocycles. The third-order valence-electron chi connectivity index (χ3n) is 4.76. The smallest absolute Gasteiger partial charge is 0.198 e. The number of aromatic nitrogens is 1. The zero-order valence-electron chi connectivity index (χ0n) is 13.8. The first-order valence-corrected chi connectivity index (χ1v) is 8.18. The van der Waals surface area contributed by atoms with E-state index < -0.39 is 0 Å². The van der Waals surface area contributed by atoms with E-state index in [0.717, 1.165) is 5.56 Å². The van der Waals surface area contributed by atoms with Gasteiger partial charge in [-0.3, -0.25) is 9.59 Å². The summed E-state index contributed by atoms with van der Waals surface area (Å²) in [7, 11) is 0. The van der Waals surface area contributed by atoms with Gasteiger partial charge in [0, 0.05) is 16.8 Å². The van der Waals surface area contributed by atoms with Gasteiger partial charge in [-0.2, -0.15) is 0 Å². The summed E-state index contributed by atoms with van der Waals surface area (Å²) in [6.45, 7) is 1.95. The summed E-state index contributed by atoms with van der Waals surface area (Å²) < 4.78 is 5.89. The van der Waals surface area contributed by atoms with Gasteiger partial charge in [-0.1, -0.05) is 30.3 Å². The molecule has 2 N–H and O–H groups in total. The van der Waals surface area contributed by atoms with Crippen LogP contribution in [0.15, 0.2) is 62.5 Å². The molecule has 5 aromatic rings. The van der Waals surface area contributed by atoms with Gasteiger partial charge in [-0.25, -0.2) is 0 Å². The van der Waals surface area contributed by atoms with Crippen molar-refractivity contribution in [2.75, 3.05) is 0 Å². The van der Waals surface area contributed by atoms with E-state index in [-0.39, 0.29) is 27.4 Å². The van der Waals surface area contributed by atoms with Crippen LogP contribution in [-0.4, -0.2) is 10.1 Å². The molecule has 4 aromatic carbocycles. The van der Waals surface area contributed by atoms with Gasteiger partial charge in [0.15, 0.2) is 22.0 Å². The molecule has 0 atom stereocenters. The molecular weight excluding hydrogens is 330 g/mol. The Labute approximate surface area is 146 Å². The molecule has 0 bridgehead atoms. The predicted octanol–water partition coefficient (Wildman–Crippen LogP) is 3.95. The van der Waals surface area contributed by atoms with Crippen LogP contribution in [-0.2, 0) is 0 Å². The van der Waals surface area contributed by atoms with Crippen LogP contribution in [0.5, 0.6) is 5.75 Å². The molecule has 5 rings (SSSR count). The zero-order chi connectivity index (χ0) is 18.0. The fraction of sp³-hybridized carbons (Fsp3) is 0.0476. The summed E-state index contributed by atoms with van der Waals surface area (Å²) in [5.74, 6) is -0.260. The number of rotatable bonds is 0. The average molecular weight is 343 g/mol. The molecule has 5 heteroatoms. The van der Waals surface area contributed by atoms with Gasteiger partial charge in [0.2, 0.25) is 0 Å². The third-order valence-corrected chi connectivity index (χ3v) is 4.76. The van der Waals surface area contributed by atoms with Crippen LogP contribution in [0, 0.1) is 6.92 Å². The highest BCUT2D eigenvalue weighted by molar-refractivity contribution is 6.12. The molecule has 0 saturated heterocycles. The van der Waals surface area contributed by atoms with E-state index in [1.165, 1.54) is 6.07 Å². The lowest BCUT2D eigenvalue weighted by Crippen LogP contribution is -2.13. The Hall–Kier alpha value is -3.60. The van der Waals surface area contributed by atoms with Crippen molar-refractivity contribution in [1.82, 2.24) is 4.98 Å². The molecule has 26 heavy (non-hydrogen) atoms. The Morgan fingerprint density at radius 2 is 1.58 bits per heavy atom. The monoisotopic (exact) mass is 343 g/mol. The van der Waals surface area contributed by atoms with Crippen molar-refractivity contribution in [3.05, 3.63) is 74.5 Å². The first kappa shape index (κ1) is 14.7. The van der Waals surface area contributed by atoms with Gasteiger partial charge in [-0.05, 0) is 24.6 Å². The molecule has 5 nitrogen and oxygen atoms in total. The van der Waals surface area contributed by atoms with Gasteiger partial charge in [0.1, 0.15) is 5.75 Å². The van der Waals surface area contributed by atoms with Crippen LogP contribution in [0.4, 0.5) is 0 Å². The molecule has 0 spiro atoms. The van der Waals surface area contributed by atoms with Gasteiger partial charge in [0.05, 0.1) is 21.8 Å². The Morgan fingerprint density at radius 1 is 0.885 bits per heavy atom. The SMILES string of the molecule is Cc1ccc2[nH]c3c(cc(O)c4c(=O)c5ccccc5c(=O)c43)oc2c1. The van der Waals surface area contributed by atoms with E-state index in [1.807, 2.05) is 25.1 Å². The summed E-state index contributed by atoms with van der Waals surface area (Å²) in [6, 6.07) is 13.7. The summed E-state index contributed by atoms with van der Waals surface area (Å²) in [5, 5.41) is 11.2. The highest BCUT2D eigenvalue weighted by Crippen LogP contribution is 2.31. The maximum absolute atomic E-state index is 13.1. The summed E-state index contributed by atoms with van der Waals surface area (Å²) in [4.78, 5) is 29.2. The molecule has 0 fully saturated rings. The van der Waals surface area contributed by atoms with Crippen molar-refractivity contribution in [1.29, 1.82) is 0 Å². The minimum atomic E-state index is -0.369. The third kappa shape index (κ3) is 1.85. The second kappa shape index (κ2) is 4.95. The number of benzene rings is 4. The largest absolute Gasteiger partial charge is 0.507 e. The number of aromatic amines is 1. The van der Waals surface area contributed by atoms with Crippen LogP contribution in [0.25, 0.3) is 43.7 Å². The van der Waals surface area contributed by atoms with E-state index in [2.05, 4.69) is 4.98 Å². The summed E-state index contributed by atoms with van der Waals surface area (Å²) in [5.41, 5.74) is 2.38. The van der Waals surface area contributed by atoms with Gasteiger partial charge < -0.3 is 14.5 Å². The van der Waals surface area contributed by atoms with Crippen molar-refractivity contribution >= 4 is 43.7 Å². The van der Waals surface area contributed by atoms with Crippen LogP contribution < -0.4 is 10.9 Å². The van der Waals surface area contributed by atoms with Crippen LogP contribution in [0.2, 0.25) is 0 Å². The van der Waals surface area contributed by atoms with Gasteiger partial charge >= 0.3 is 0 Å². The molecule has 0 aliphatic rings. The van der Waals surface area contributed by atoms with Crippen molar-refractivity contribution < 1.29 is 9.52 Å². The van der Waals surface area contributed by atoms with Crippen molar-refractivity contribution in [2.45, 2.75) is 6.92 Å². The van der Waals surface area contributed by atoms with Crippen molar-refractivity contribution in [2.24, 2.45) is 0 Å². The number of fused-ring (bicyclic) bond motifs is 5. The van der Waals surface area contributed by atoms with Crippen LogP contribution in [0.1, 0.15) is 5.56 Å². The van der Waals surface area contributed by atoms with E-state index in [4.69, 9.17) is 4.42 Å². The highest BCUT2D eigenvalue weighted by Gasteiger charge is 2.18. The molecule has 0 amide bonds. The topological polar surface area (TPSA) is 83.3 Å². The molecule has 126 valence electrons. The number of phenols is 1. The standard InChI is InChI=1S/C21H13NO4/c1-10-6-7-13-15(8-10)26-16-9-14(23)17-18(19(16)22-13)21(25)12-5-3-2-4-11(12)20(17)24/h2-9,22-23H,1H3. The first-order valence-electron chi connectivity index (χ1n) is 8.18. The zero-order valence-corrected chi connectivity index (χ0v) is 13.8. The number of H-pyrrole nitrogens is 1. The molecule has 0 saturated carbocycles. The normalized spacial score (nSPS) is 11.7. The Balaban J connectivity index is 2.13. The van der Waals surface area contributed by atoms with E-state index in [1.54, 1.807) is 24.3 Å². The fourth-order valence-corrected chi connectivity index (χ4v) is 3.53. The number of nitrogens with one attached hydrogen (secondary N) is 1. The summed E-state index contributed by atoms with van der Waals surface area (Å²) >= 11 is 0. The van der Waals surface area contributed by atoms with Crippen LogP contribution >= 0.6 is 0 Å². The second-order valence-electron chi connectivity index (χ2n) is 6.45. The number of aromatic hydroxyl groups is 1. The van der Waals surface area contributed by atoms with Crippen LogP contribution in [0.3, 0.4) is 0 Å². The lowest BCUT2D eigenvalue weighted by atomic mass is 10.0. The van der Waals surface area contributed by atoms with E-state index >= 15 is 0 Å². The lowest BCUT2D eigenvalue weighted by Gasteiger charge is -2.09. The maximum atomic E-state index is 13.1. The number of phenolic OH excluding ortho intramolecular Hbond substituents is 1. The molecular formula is C21H13NO4. The molecule has 0 aliphatic heterocycles.